The Bertz CT molecular complexity index is 583. The third kappa shape index (κ3) is 4.08. The van der Waals surface area contributed by atoms with Crippen molar-refractivity contribution in [2.75, 3.05) is 25.6 Å². The zero-order valence-corrected chi connectivity index (χ0v) is 13.7. The van der Waals surface area contributed by atoms with Crippen molar-refractivity contribution in [3.8, 4) is 0 Å². The van der Waals surface area contributed by atoms with E-state index in [-0.39, 0.29) is 11.9 Å². The highest BCUT2D eigenvalue weighted by Gasteiger charge is 2.23. The minimum atomic E-state index is -0.301. The van der Waals surface area contributed by atoms with Crippen LogP contribution < -0.4 is 4.90 Å². The molecule has 0 aliphatic rings. The molecule has 0 radical (unpaired) electrons. The van der Waals surface area contributed by atoms with Crippen LogP contribution in [-0.4, -0.2) is 26.7 Å². The fraction of sp³-hybridized carbons (Fsp3) is 0.235. The first-order valence-electron chi connectivity index (χ1n) is 6.71. The van der Waals surface area contributed by atoms with Crippen LogP contribution >= 0.6 is 15.9 Å². The van der Waals surface area contributed by atoms with Gasteiger partial charge in [0.15, 0.2) is 0 Å². The highest BCUT2D eigenvalue weighted by atomic mass is 79.9. The molecular weight excluding hydrogens is 330 g/mol. The standard InChI is InChI=1S/C17H18BrNO2/c1-19(15-10-8-14(18)9-11-15)12-16(17(20)21-2)13-6-4-3-5-7-13/h3-11,16H,12H2,1-2H3. The van der Waals surface area contributed by atoms with Gasteiger partial charge in [-0.25, -0.2) is 0 Å². The third-order valence-corrected chi connectivity index (χ3v) is 3.94. The van der Waals surface area contributed by atoms with Gasteiger partial charge in [-0.3, -0.25) is 4.79 Å². The molecule has 0 saturated heterocycles. The van der Waals surface area contributed by atoms with Crippen LogP contribution in [0, 0.1) is 0 Å². The molecular formula is C17H18BrNO2. The lowest BCUT2D eigenvalue weighted by Crippen LogP contribution is -2.29. The fourth-order valence-corrected chi connectivity index (χ4v) is 2.48. The molecule has 2 aromatic carbocycles. The Hall–Kier alpha value is -1.81. The minimum Gasteiger partial charge on any atom is -0.468 e. The Kier molecular flexibility index (Phi) is 5.39. The molecule has 2 rings (SSSR count). The van der Waals surface area contributed by atoms with E-state index in [0.717, 1.165) is 15.7 Å². The molecule has 1 unspecified atom stereocenters. The summed E-state index contributed by atoms with van der Waals surface area (Å²) in [5.74, 6) is -0.519. The Morgan fingerprint density at radius 3 is 2.33 bits per heavy atom. The number of benzene rings is 2. The second kappa shape index (κ2) is 7.27. The number of nitrogens with zero attached hydrogens (tertiary/aromatic N) is 1. The number of hydrogen-bond acceptors (Lipinski definition) is 3. The summed E-state index contributed by atoms with van der Waals surface area (Å²) < 4.78 is 5.98. The topological polar surface area (TPSA) is 29.5 Å². The summed E-state index contributed by atoms with van der Waals surface area (Å²) >= 11 is 3.42. The van der Waals surface area contributed by atoms with E-state index in [4.69, 9.17) is 4.74 Å². The molecule has 0 amide bonds. The normalized spacial score (nSPS) is 11.8. The van der Waals surface area contributed by atoms with Crippen molar-refractivity contribution in [1.29, 1.82) is 0 Å². The summed E-state index contributed by atoms with van der Waals surface area (Å²) in [5, 5.41) is 0. The van der Waals surface area contributed by atoms with Crippen LogP contribution in [-0.2, 0) is 9.53 Å². The third-order valence-electron chi connectivity index (χ3n) is 3.41. The quantitative estimate of drug-likeness (QED) is 0.769. The summed E-state index contributed by atoms with van der Waals surface area (Å²) in [7, 11) is 3.40. The Morgan fingerprint density at radius 2 is 1.76 bits per heavy atom. The van der Waals surface area contributed by atoms with Crippen molar-refractivity contribution in [2.24, 2.45) is 0 Å². The van der Waals surface area contributed by atoms with Crippen LogP contribution in [0.5, 0.6) is 0 Å². The number of methoxy groups -OCH3 is 1. The number of likely N-dealkylation sites (N-methyl/N-ethyl adjacent to an activating group) is 1. The minimum absolute atomic E-state index is 0.217. The maximum atomic E-state index is 12.1. The molecule has 2 aromatic rings. The largest absolute Gasteiger partial charge is 0.468 e. The second-order valence-corrected chi connectivity index (χ2v) is 5.76. The summed E-state index contributed by atoms with van der Waals surface area (Å²) in [6, 6.07) is 17.7. The molecule has 0 fully saturated rings. The van der Waals surface area contributed by atoms with Crippen molar-refractivity contribution < 1.29 is 9.53 Å². The van der Waals surface area contributed by atoms with E-state index in [1.807, 2.05) is 61.6 Å². The van der Waals surface area contributed by atoms with Crippen LogP contribution in [0.4, 0.5) is 5.69 Å². The lowest BCUT2D eigenvalue weighted by atomic mass is 9.98. The van der Waals surface area contributed by atoms with Gasteiger partial charge in [0.2, 0.25) is 0 Å². The van der Waals surface area contributed by atoms with Crippen molar-refractivity contribution in [3.05, 3.63) is 64.6 Å². The van der Waals surface area contributed by atoms with Crippen molar-refractivity contribution >= 4 is 27.6 Å². The Labute approximate surface area is 133 Å². The summed E-state index contributed by atoms with van der Waals surface area (Å²) in [6.07, 6.45) is 0. The van der Waals surface area contributed by atoms with Crippen LogP contribution in [0.15, 0.2) is 59.1 Å². The molecule has 0 aliphatic carbocycles. The molecule has 4 heteroatoms. The van der Waals surface area contributed by atoms with Gasteiger partial charge in [0.05, 0.1) is 13.0 Å². The average molecular weight is 348 g/mol. The first-order chi connectivity index (χ1) is 10.1. The Morgan fingerprint density at radius 1 is 1.14 bits per heavy atom. The number of anilines is 1. The van der Waals surface area contributed by atoms with E-state index in [9.17, 15) is 4.79 Å². The highest BCUT2D eigenvalue weighted by Crippen LogP contribution is 2.23. The highest BCUT2D eigenvalue weighted by molar-refractivity contribution is 9.10. The van der Waals surface area contributed by atoms with E-state index in [1.54, 1.807) is 0 Å². The molecule has 0 heterocycles. The Balaban J connectivity index is 2.19. The maximum Gasteiger partial charge on any atom is 0.314 e. The maximum absolute atomic E-state index is 12.1. The van der Waals surface area contributed by atoms with E-state index in [1.165, 1.54) is 7.11 Å². The predicted octanol–water partition coefficient (Wildman–Crippen LogP) is 3.84. The van der Waals surface area contributed by atoms with Crippen molar-refractivity contribution in [1.82, 2.24) is 0 Å². The molecule has 110 valence electrons. The van der Waals surface area contributed by atoms with Gasteiger partial charge >= 0.3 is 5.97 Å². The predicted molar refractivity (Wildman–Crippen MR) is 88.6 cm³/mol. The first kappa shape index (κ1) is 15.6. The zero-order valence-electron chi connectivity index (χ0n) is 12.1. The van der Waals surface area contributed by atoms with Gasteiger partial charge in [-0.15, -0.1) is 0 Å². The molecule has 21 heavy (non-hydrogen) atoms. The summed E-state index contributed by atoms with van der Waals surface area (Å²) in [6.45, 7) is 0.568. The van der Waals surface area contributed by atoms with Crippen molar-refractivity contribution in [2.45, 2.75) is 5.92 Å². The van der Waals surface area contributed by atoms with E-state index in [2.05, 4.69) is 20.8 Å². The number of rotatable bonds is 5. The van der Waals surface area contributed by atoms with Crippen LogP contribution in [0.1, 0.15) is 11.5 Å². The molecule has 0 aliphatic heterocycles. The number of hydrogen-bond donors (Lipinski definition) is 0. The number of carbonyl (C=O) groups excluding carboxylic acids is 1. The lowest BCUT2D eigenvalue weighted by Gasteiger charge is -2.24. The summed E-state index contributed by atoms with van der Waals surface area (Å²) in [5.41, 5.74) is 2.02. The average Bonchev–Trinajstić information content (AvgIpc) is 2.53. The molecule has 3 nitrogen and oxygen atoms in total. The van der Waals surface area contributed by atoms with Gasteiger partial charge in [0.1, 0.15) is 0 Å². The van der Waals surface area contributed by atoms with Gasteiger partial charge in [0, 0.05) is 23.8 Å². The van der Waals surface area contributed by atoms with E-state index in [0.29, 0.717) is 6.54 Å². The molecule has 0 aromatic heterocycles. The van der Waals surface area contributed by atoms with Gasteiger partial charge in [0.25, 0.3) is 0 Å². The zero-order chi connectivity index (χ0) is 15.2. The van der Waals surface area contributed by atoms with Crippen LogP contribution in [0.25, 0.3) is 0 Å². The lowest BCUT2D eigenvalue weighted by molar-refractivity contribution is -0.142. The number of ether oxygens (including phenoxy) is 1. The monoisotopic (exact) mass is 347 g/mol. The number of halogens is 1. The fourth-order valence-electron chi connectivity index (χ4n) is 2.22. The number of carbonyl (C=O) groups is 1. The molecule has 0 saturated carbocycles. The SMILES string of the molecule is COC(=O)C(CN(C)c1ccc(Br)cc1)c1ccccc1. The molecule has 0 bridgehead atoms. The summed E-state index contributed by atoms with van der Waals surface area (Å²) in [4.78, 5) is 14.1. The van der Waals surface area contributed by atoms with Gasteiger partial charge in [-0.05, 0) is 29.8 Å². The van der Waals surface area contributed by atoms with Crippen LogP contribution in [0.3, 0.4) is 0 Å². The van der Waals surface area contributed by atoms with E-state index >= 15 is 0 Å². The molecule has 0 spiro atoms. The molecule has 0 N–H and O–H groups in total. The number of esters is 1. The van der Waals surface area contributed by atoms with Gasteiger partial charge in [-0.1, -0.05) is 46.3 Å². The second-order valence-electron chi connectivity index (χ2n) is 4.84. The van der Waals surface area contributed by atoms with Crippen molar-refractivity contribution in [3.63, 3.8) is 0 Å². The van der Waals surface area contributed by atoms with E-state index < -0.39 is 0 Å². The first-order valence-corrected chi connectivity index (χ1v) is 7.50. The smallest absolute Gasteiger partial charge is 0.314 e. The van der Waals surface area contributed by atoms with Crippen LogP contribution in [0.2, 0.25) is 0 Å². The van der Waals surface area contributed by atoms with Gasteiger partial charge in [-0.2, -0.15) is 0 Å². The van der Waals surface area contributed by atoms with Gasteiger partial charge < -0.3 is 9.64 Å². The molecule has 1 atom stereocenters.